The fourth-order valence-electron chi connectivity index (χ4n) is 2.30. The Balaban J connectivity index is 2.31. The van der Waals surface area contributed by atoms with Gasteiger partial charge < -0.3 is 14.8 Å². The second-order valence-electron chi connectivity index (χ2n) is 4.61. The molecule has 0 heterocycles. The van der Waals surface area contributed by atoms with Gasteiger partial charge in [0.25, 0.3) is 0 Å². The van der Waals surface area contributed by atoms with Crippen LogP contribution in [0.5, 0.6) is 11.5 Å². The molecule has 0 radical (unpaired) electrons. The maximum atomic E-state index is 5.52. The van der Waals surface area contributed by atoms with E-state index in [1.165, 1.54) is 11.1 Å². The molecule has 0 amide bonds. The van der Waals surface area contributed by atoms with Crippen molar-refractivity contribution in [3.63, 3.8) is 0 Å². The van der Waals surface area contributed by atoms with Gasteiger partial charge in [0.15, 0.2) is 0 Å². The van der Waals surface area contributed by atoms with Gasteiger partial charge in [-0.05, 0) is 49.4 Å². The number of hydrogen-bond acceptors (Lipinski definition) is 3. The highest BCUT2D eigenvalue weighted by molar-refractivity contribution is 9.10. The Bertz CT molecular complexity index is 584. The van der Waals surface area contributed by atoms with E-state index in [1.54, 1.807) is 7.11 Å². The molecular formula is C17H20BrNO2. The van der Waals surface area contributed by atoms with Gasteiger partial charge in [-0.25, -0.2) is 0 Å². The number of ether oxygens (including phenoxy) is 2. The summed E-state index contributed by atoms with van der Waals surface area (Å²) < 4.78 is 11.8. The molecular weight excluding hydrogens is 330 g/mol. The van der Waals surface area contributed by atoms with E-state index in [9.17, 15) is 0 Å². The molecule has 3 nitrogen and oxygen atoms in total. The van der Waals surface area contributed by atoms with Crippen LogP contribution in [0.3, 0.4) is 0 Å². The summed E-state index contributed by atoms with van der Waals surface area (Å²) in [5.74, 6) is 1.73. The van der Waals surface area contributed by atoms with Crippen LogP contribution >= 0.6 is 15.9 Å². The molecule has 0 aliphatic carbocycles. The first kappa shape index (κ1) is 15.9. The highest BCUT2D eigenvalue weighted by atomic mass is 79.9. The number of hydrogen-bond donors (Lipinski definition) is 1. The minimum atomic E-state index is 0.112. The van der Waals surface area contributed by atoms with E-state index in [0.29, 0.717) is 6.61 Å². The predicted molar refractivity (Wildman–Crippen MR) is 89.2 cm³/mol. The summed E-state index contributed by atoms with van der Waals surface area (Å²) in [7, 11) is 3.63. The van der Waals surface area contributed by atoms with Gasteiger partial charge in [-0.3, -0.25) is 0 Å². The Labute approximate surface area is 134 Å². The van der Waals surface area contributed by atoms with Gasteiger partial charge in [0.05, 0.1) is 19.8 Å². The fraction of sp³-hybridized carbons (Fsp3) is 0.294. The highest BCUT2D eigenvalue weighted by Gasteiger charge is 2.15. The molecule has 0 aliphatic rings. The van der Waals surface area contributed by atoms with E-state index in [1.807, 2.05) is 38.2 Å². The molecule has 0 aliphatic heterocycles. The van der Waals surface area contributed by atoms with Crippen LogP contribution in [-0.4, -0.2) is 20.8 Å². The van der Waals surface area contributed by atoms with Crippen LogP contribution in [-0.2, 0) is 0 Å². The van der Waals surface area contributed by atoms with Crippen LogP contribution < -0.4 is 14.8 Å². The number of rotatable bonds is 6. The number of benzene rings is 2. The Kier molecular flexibility index (Phi) is 5.65. The van der Waals surface area contributed by atoms with Crippen LogP contribution in [0.1, 0.15) is 24.1 Å². The molecule has 0 aromatic heterocycles. The quantitative estimate of drug-likeness (QED) is 0.848. The topological polar surface area (TPSA) is 30.5 Å². The maximum absolute atomic E-state index is 5.52. The molecule has 2 aromatic carbocycles. The highest BCUT2D eigenvalue weighted by Crippen LogP contribution is 2.32. The summed E-state index contributed by atoms with van der Waals surface area (Å²) in [4.78, 5) is 0. The lowest BCUT2D eigenvalue weighted by Crippen LogP contribution is -2.18. The van der Waals surface area contributed by atoms with Crippen molar-refractivity contribution in [2.75, 3.05) is 20.8 Å². The second-order valence-corrected chi connectivity index (χ2v) is 5.47. The van der Waals surface area contributed by atoms with Crippen molar-refractivity contribution in [1.82, 2.24) is 5.32 Å². The molecule has 0 fully saturated rings. The van der Waals surface area contributed by atoms with Gasteiger partial charge >= 0.3 is 0 Å². The Hall–Kier alpha value is -1.52. The van der Waals surface area contributed by atoms with Gasteiger partial charge in [-0.15, -0.1) is 0 Å². The second kappa shape index (κ2) is 7.48. The van der Waals surface area contributed by atoms with E-state index in [0.717, 1.165) is 16.0 Å². The summed E-state index contributed by atoms with van der Waals surface area (Å²) >= 11 is 3.64. The van der Waals surface area contributed by atoms with Crippen molar-refractivity contribution in [2.45, 2.75) is 13.0 Å². The third-order valence-electron chi connectivity index (χ3n) is 3.33. The molecule has 1 N–H and O–H groups in total. The summed E-state index contributed by atoms with van der Waals surface area (Å²) in [6, 6.07) is 14.3. The van der Waals surface area contributed by atoms with E-state index in [2.05, 4.69) is 39.4 Å². The maximum Gasteiger partial charge on any atom is 0.120 e. The first-order valence-electron chi connectivity index (χ1n) is 6.93. The first-order chi connectivity index (χ1) is 10.2. The van der Waals surface area contributed by atoms with Crippen molar-refractivity contribution in [1.29, 1.82) is 0 Å². The van der Waals surface area contributed by atoms with E-state index < -0.39 is 0 Å². The van der Waals surface area contributed by atoms with Crippen LogP contribution in [0.25, 0.3) is 0 Å². The Morgan fingerprint density at radius 2 is 1.76 bits per heavy atom. The molecule has 2 aromatic rings. The SMILES string of the molecule is CCOc1ccc(C(NC)c2ccc(OC)cc2)c(Br)c1. The zero-order valence-corrected chi connectivity index (χ0v) is 14.1. The molecule has 0 bridgehead atoms. The van der Waals surface area contributed by atoms with Crippen molar-refractivity contribution < 1.29 is 9.47 Å². The molecule has 0 spiro atoms. The lowest BCUT2D eigenvalue weighted by Gasteiger charge is -2.19. The zero-order chi connectivity index (χ0) is 15.2. The lowest BCUT2D eigenvalue weighted by atomic mass is 9.98. The van der Waals surface area contributed by atoms with E-state index >= 15 is 0 Å². The van der Waals surface area contributed by atoms with Crippen LogP contribution in [0.15, 0.2) is 46.9 Å². The van der Waals surface area contributed by atoms with Gasteiger partial charge in [0, 0.05) is 4.47 Å². The predicted octanol–water partition coefficient (Wildman–Crippen LogP) is 4.17. The van der Waals surface area contributed by atoms with Crippen molar-refractivity contribution >= 4 is 15.9 Å². The van der Waals surface area contributed by atoms with Crippen LogP contribution in [0.2, 0.25) is 0 Å². The molecule has 2 rings (SSSR count). The zero-order valence-electron chi connectivity index (χ0n) is 12.5. The van der Waals surface area contributed by atoms with E-state index in [4.69, 9.17) is 9.47 Å². The minimum absolute atomic E-state index is 0.112. The number of halogens is 1. The normalized spacial score (nSPS) is 12.0. The largest absolute Gasteiger partial charge is 0.497 e. The van der Waals surface area contributed by atoms with Crippen molar-refractivity contribution in [3.05, 3.63) is 58.1 Å². The number of nitrogens with one attached hydrogen (secondary N) is 1. The molecule has 1 unspecified atom stereocenters. The summed E-state index contributed by atoms with van der Waals surface area (Å²) in [6.45, 7) is 2.65. The van der Waals surface area contributed by atoms with Gasteiger partial charge in [-0.1, -0.05) is 34.1 Å². The molecule has 1 atom stereocenters. The third-order valence-corrected chi connectivity index (χ3v) is 4.02. The monoisotopic (exact) mass is 349 g/mol. The molecule has 21 heavy (non-hydrogen) atoms. The first-order valence-corrected chi connectivity index (χ1v) is 7.72. The molecule has 0 saturated heterocycles. The summed E-state index contributed by atoms with van der Waals surface area (Å²) in [5, 5.41) is 3.35. The molecule has 0 saturated carbocycles. The van der Waals surface area contributed by atoms with Gasteiger partial charge in [-0.2, -0.15) is 0 Å². The van der Waals surface area contributed by atoms with Gasteiger partial charge in [0.1, 0.15) is 11.5 Å². The van der Waals surface area contributed by atoms with Crippen LogP contribution in [0.4, 0.5) is 0 Å². The smallest absolute Gasteiger partial charge is 0.120 e. The average Bonchev–Trinajstić information content (AvgIpc) is 2.51. The molecule has 4 heteroatoms. The standard InChI is InChI=1S/C17H20BrNO2/c1-4-21-14-9-10-15(16(18)11-14)17(19-2)12-5-7-13(20-3)8-6-12/h5-11,17,19H,4H2,1-3H3. The van der Waals surface area contributed by atoms with Gasteiger partial charge in [0.2, 0.25) is 0 Å². The van der Waals surface area contributed by atoms with Crippen molar-refractivity contribution in [2.24, 2.45) is 0 Å². The van der Waals surface area contributed by atoms with E-state index in [-0.39, 0.29) is 6.04 Å². The minimum Gasteiger partial charge on any atom is -0.497 e. The Morgan fingerprint density at radius 3 is 2.29 bits per heavy atom. The third kappa shape index (κ3) is 3.77. The average molecular weight is 350 g/mol. The molecule has 112 valence electrons. The van der Waals surface area contributed by atoms with Crippen LogP contribution in [0, 0.1) is 0 Å². The lowest BCUT2D eigenvalue weighted by molar-refractivity contribution is 0.340. The summed E-state index contributed by atoms with van der Waals surface area (Å²) in [5.41, 5.74) is 2.36. The fourth-order valence-corrected chi connectivity index (χ4v) is 2.88. The van der Waals surface area contributed by atoms with Crippen molar-refractivity contribution in [3.8, 4) is 11.5 Å². The Morgan fingerprint density at radius 1 is 1.10 bits per heavy atom. The number of methoxy groups -OCH3 is 1. The summed E-state index contributed by atoms with van der Waals surface area (Å²) in [6.07, 6.45) is 0.